The van der Waals surface area contributed by atoms with E-state index in [1.807, 2.05) is 13.0 Å². The van der Waals surface area contributed by atoms with E-state index in [9.17, 15) is 18.0 Å². The zero-order valence-corrected chi connectivity index (χ0v) is 14.3. The maximum absolute atomic E-state index is 12.2. The molecule has 1 heterocycles. The fourth-order valence-electron chi connectivity index (χ4n) is 1.62. The zero-order chi connectivity index (χ0) is 16.3. The minimum atomic E-state index is -4.38. The van der Waals surface area contributed by atoms with E-state index in [1.54, 1.807) is 12.1 Å². The number of thioether (sulfide) groups is 1. The normalized spacial score (nSPS) is 11.5. The first-order chi connectivity index (χ1) is 10.2. The number of nitrogens with zero attached hydrogens (tertiary/aromatic N) is 2. The van der Waals surface area contributed by atoms with Crippen molar-refractivity contribution in [2.75, 3.05) is 5.32 Å². The van der Waals surface area contributed by atoms with Gasteiger partial charge in [0.2, 0.25) is 0 Å². The number of amides is 1. The predicted octanol–water partition coefficient (Wildman–Crippen LogP) is 4.61. The number of aryl methyl sites for hydroxylation is 1. The van der Waals surface area contributed by atoms with Crippen LogP contribution >= 0.6 is 39.2 Å². The summed E-state index contributed by atoms with van der Waals surface area (Å²) in [6.45, 7) is 1.86. The fraction of sp³-hybridized carbons (Fsp3) is 0.250. The van der Waals surface area contributed by atoms with Crippen molar-refractivity contribution in [3.63, 3.8) is 0 Å². The smallest absolute Gasteiger partial charge is 0.321 e. The summed E-state index contributed by atoms with van der Waals surface area (Å²) in [6.07, 6.45) is 0. The Morgan fingerprint density at radius 2 is 2.14 bits per heavy atom. The highest BCUT2D eigenvalue weighted by Gasteiger charge is 2.30. The molecule has 1 aromatic carbocycles. The number of hydrogen-bond acceptors (Lipinski definition) is 5. The highest BCUT2D eigenvalue weighted by molar-refractivity contribution is 9.10. The molecule has 0 atom stereocenters. The summed E-state index contributed by atoms with van der Waals surface area (Å²) < 4.78 is 41.0. The molecule has 1 N–H and O–H groups in total. The van der Waals surface area contributed by atoms with Crippen LogP contribution in [0.4, 0.5) is 18.9 Å². The van der Waals surface area contributed by atoms with Crippen molar-refractivity contribution in [3.8, 4) is 0 Å². The summed E-state index contributed by atoms with van der Waals surface area (Å²) in [6, 6.07) is 5.32. The number of aromatic nitrogens is 2. The number of halogens is 4. The van der Waals surface area contributed by atoms with Crippen LogP contribution in [-0.4, -0.2) is 21.0 Å². The van der Waals surface area contributed by atoms with Crippen LogP contribution < -0.4 is 5.32 Å². The Labute approximate surface area is 140 Å². The van der Waals surface area contributed by atoms with Crippen LogP contribution in [0, 0.1) is 6.92 Å². The molecule has 0 saturated carbocycles. The molecule has 0 saturated heterocycles. The van der Waals surface area contributed by atoms with E-state index in [0.717, 1.165) is 21.6 Å². The highest BCUT2D eigenvalue weighted by atomic mass is 79.9. The molecular formula is C12H9BrF3N3OS2. The van der Waals surface area contributed by atoms with Gasteiger partial charge in [-0.05, 0) is 54.0 Å². The number of hydrogen-bond donors (Lipinski definition) is 1. The van der Waals surface area contributed by atoms with Crippen LogP contribution in [0.5, 0.6) is 0 Å². The van der Waals surface area contributed by atoms with Gasteiger partial charge in [-0.15, -0.1) is 5.10 Å². The number of rotatable bonds is 4. The van der Waals surface area contributed by atoms with Gasteiger partial charge in [-0.2, -0.15) is 13.2 Å². The van der Waals surface area contributed by atoms with Crippen LogP contribution in [0.15, 0.2) is 22.7 Å². The molecule has 1 aromatic heterocycles. The summed E-state index contributed by atoms with van der Waals surface area (Å²) in [5, 5.41) is 6.23. The van der Waals surface area contributed by atoms with Gasteiger partial charge in [0.15, 0.2) is 0 Å². The van der Waals surface area contributed by atoms with Crippen molar-refractivity contribution in [3.05, 3.63) is 38.8 Å². The van der Waals surface area contributed by atoms with Gasteiger partial charge < -0.3 is 5.32 Å². The average Bonchev–Trinajstić information content (AvgIpc) is 2.82. The van der Waals surface area contributed by atoms with Crippen LogP contribution in [0.3, 0.4) is 0 Å². The molecule has 22 heavy (non-hydrogen) atoms. The number of carbonyl (C=O) groups is 1. The first kappa shape index (κ1) is 17.2. The van der Waals surface area contributed by atoms with Crippen molar-refractivity contribution in [2.45, 2.75) is 18.2 Å². The van der Waals surface area contributed by atoms with Crippen LogP contribution in [0.1, 0.15) is 20.9 Å². The van der Waals surface area contributed by atoms with Gasteiger partial charge in [0.1, 0.15) is 4.88 Å². The quantitative estimate of drug-likeness (QED) is 0.797. The van der Waals surface area contributed by atoms with E-state index in [-0.39, 0.29) is 22.3 Å². The molecule has 1 amide bonds. The number of anilines is 1. The van der Waals surface area contributed by atoms with Crippen LogP contribution in [0.2, 0.25) is 0 Å². The van der Waals surface area contributed by atoms with E-state index < -0.39 is 17.2 Å². The third kappa shape index (κ3) is 4.96. The zero-order valence-electron chi connectivity index (χ0n) is 11.1. The van der Waals surface area contributed by atoms with Gasteiger partial charge in [0.25, 0.3) is 5.91 Å². The summed E-state index contributed by atoms with van der Waals surface area (Å²) in [4.78, 5) is 12.2. The Hall–Kier alpha value is -1.13. The van der Waals surface area contributed by atoms with Crippen LogP contribution in [0.25, 0.3) is 0 Å². The monoisotopic (exact) mass is 411 g/mol. The molecule has 118 valence electrons. The molecule has 0 aliphatic carbocycles. The lowest BCUT2D eigenvalue weighted by molar-refractivity contribution is -0.0329. The third-order valence-electron chi connectivity index (χ3n) is 2.43. The lowest BCUT2D eigenvalue weighted by Crippen LogP contribution is -2.13. The van der Waals surface area contributed by atoms with Gasteiger partial charge in [0.05, 0.1) is 5.69 Å². The predicted molar refractivity (Wildman–Crippen MR) is 84.1 cm³/mol. The Morgan fingerprint density at radius 3 is 2.77 bits per heavy atom. The van der Waals surface area contributed by atoms with Crippen molar-refractivity contribution in [1.82, 2.24) is 9.59 Å². The van der Waals surface area contributed by atoms with Crippen molar-refractivity contribution in [1.29, 1.82) is 0 Å². The molecule has 4 nitrogen and oxygen atoms in total. The van der Waals surface area contributed by atoms with Crippen LogP contribution in [-0.2, 0) is 5.75 Å². The highest BCUT2D eigenvalue weighted by Crippen LogP contribution is 2.33. The standard InChI is InChI=1S/C12H9BrF3N3OS2/c1-6-2-7(13)4-8(3-6)17-11(20)10-9(18-19-22-10)5-21-12(14,15)16/h2-4H,5H2,1H3,(H,17,20). The molecule has 0 unspecified atom stereocenters. The Kier molecular flexibility index (Phi) is 5.45. The third-order valence-corrected chi connectivity index (χ3v) is 4.40. The number of nitrogens with one attached hydrogen (secondary N) is 1. The van der Waals surface area contributed by atoms with E-state index >= 15 is 0 Å². The van der Waals surface area contributed by atoms with Gasteiger partial charge in [0, 0.05) is 15.9 Å². The van der Waals surface area contributed by atoms with E-state index in [4.69, 9.17) is 0 Å². The van der Waals surface area contributed by atoms with Crippen molar-refractivity contribution >= 4 is 50.8 Å². The SMILES string of the molecule is Cc1cc(Br)cc(NC(=O)c2snnc2CSC(F)(F)F)c1. The second-order valence-corrected chi connectivity index (χ2v) is 6.96. The summed E-state index contributed by atoms with van der Waals surface area (Å²) >= 11 is 3.83. The molecule has 0 fully saturated rings. The van der Waals surface area contributed by atoms with Gasteiger partial charge in [-0.25, -0.2) is 0 Å². The van der Waals surface area contributed by atoms with Gasteiger partial charge in [-0.1, -0.05) is 20.4 Å². The van der Waals surface area contributed by atoms with Gasteiger partial charge >= 0.3 is 5.51 Å². The summed E-state index contributed by atoms with van der Waals surface area (Å²) in [5.74, 6) is -0.967. The molecule has 2 rings (SSSR count). The topological polar surface area (TPSA) is 54.9 Å². The number of benzene rings is 1. The van der Waals surface area contributed by atoms with E-state index in [2.05, 4.69) is 30.8 Å². The molecule has 10 heteroatoms. The minimum absolute atomic E-state index is 0.0246. The minimum Gasteiger partial charge on any atom is -0.321 e. The first-order valence-electron chi connectivity index (χ1n) is 5.85. The Balaban J connectivity index is 2.11. The Bertz CT molecular complexity index is 670. The lowest BCUT2D eigenvalue weighted by atomic mass is 10.2. The molecule has 0 bridgehead atoms. The maximum Gasteiger partial charge on any atom is 0.442 e. The molecular weight excluding hydrogens is 403 g/mol. The molecule has 0 aliphatic rings. The average molecular weight is 412 g/mol. The summed E-state index contributed by atoms with van der Waals surface area (Å²) in [5.41, 5.74) is -2.88. The second-order valence-electron chi connectivity index (χ2n) is 4.25. The van der Waals surface area contributed by atoms with Crippen molar-refractivity contribution < 1.29 is 18.0 Å². The number of alkyl halides is 3. The largest absolute Gasteiger partial charge is 0.442 e. The molecule has 0 aliphatic heterocycles. The first-order valence-corrected chi connectivity index (χ1v) is 8.40. The molecule has 0 spiro atoms. The second kappa shape index (κ2) is 6.97. The lowest BCUT2D eigenvalue weighted by Gasteiger charge is -2.07. The number of carbonyl (C=O) groups excluding carboxylic acids is 1. The van der Waals surface area contributed by atoms with Crippen molar-refractivity contribution in [2.24, 2.45) is 0 Å². The van der Waals surface area contributed by atoms with Gasteiger partial charge in [-0.3, -0.25) is 4.79 Å². The molecule has 2 aromatic rings. The Morgan fingerprint density at radius 1 is 1.41 bits per heavy atom. The summed E-state index contributed by atoms with van der Waals surface area (Å²) in [7, 11) is 0. The molecule has 0 radical (unpaired) electrons. The van der Waals surface area contributed by atoms with E-state index in [0.29, 0.717) is 5.69 Å². The fourth-order valence-corrected chi connectivity index (χ4v) is 3.40. The maximum atomic E-state index is 12.2. The van der Waals surface area contributed by atoms with E-state index in [1.165, 1.54) is 0 Å².